The maximum atomic E-state index is 12.4. The predicted octanol–water partition coefficient (Wildman–Crippen LogP) is 2.41. The third kappa shape index (κ3) is 4.13. The third-order valence-electron chi connectivity index (χ3n) is 3.93. The number of carbonyl (C=O) groups excluding carboxylic acids is 2. The molecular formula is C19H22N2O3. The number of primary amides is 1. The fraction of sp³-hybridized carbons (Fsp3) is 0.263. The van der Waals surface area contributed by atoms with Crippen LogP contribution in [-0.4, -0.2) is 17.9 Å². The van der Waals surface area contributed by atoms with Crippen LogP contribution in [0.5, 0.6) is 5.75 Å². The van der Waals surface area contributed by atoms with Crippen LogP contribution in [0.4, 0.5) is 0 Å². The quantitative estimate of drug-likeness (QED) is 0.855. The minimum Gasteiger partial charge on any atom is -0.481 e. The van der Waals surface area contributed by atoms with E-state index in [-0.39, 0.29) is 0 Å². The highest BCUT2D eigenvalue weighted by atomic mass is 16.5. The van der Waals surface area contributed by atoms with E-state index in [4.69, 9.17) is 10.5 Å². The normalized spacial score (nSPS) is 13.0. The van der Waals surface area contributed by atoms with E-state index in [1.165, 1.54) is 0 Å². The molecule has 0 aliphatic heterocycles. The Kier molecular flexibility index (Phi) is 5.58. The minimum atomic E-state index is -0.886. The number of benzene rings is 2. The first-order valence-electron chi connectivity index (χ1n) is 7.77. The number of nitrogens with one attached hydrogen (secondary N) is 1. The molecule has 0 spiro atoms. The molecule has 2 amide bonds. The Morgan fingerprint density at radius 1 is 1.04 bits per heavy atom. The van der Waals surface area contributed by atoms with Crippen molar-refractivity contribution in [1.82, 2.24) is 5.32 Å². The maximum absolute atomic E-state index is 12.4. The second-order valence-electron chi connectivity index (χ2n) is 5.71. The molecule has 0 heterocycles. The summed E-state index contributed by atoms with van der Waals surface area (Å²) in [5.74, 6) is -0.370. The zero-order valence-corrected chi connectivity index (χ0v) is 14.1. The average Bonchev–Trinajstić information content (AvgIpc) is 2.57. The van der Waals surface area contributed by atoms with Crippen LogP contribution in [0.3, 0.4) is 0 Å². The van der Waals surface area contributed by atoms with Crippen LogP contribution in [0.1, 0.15) is 29.7 Å². The van der Waals surface area contributed by atoms with Gasteiger partial charge in [-0.15, -0.1) is 0 Å². The molecule has 0 unspecified atom stereocenters. The molecule has 0 bridgehead atoms. The zero-order valence-electron chi connectivity index (χ0n) is 14.1. The van der Waals surface area contributed by atoms with Gasteiger partial charge in [-0.1, -0.05) is 42.5 Å². The van der Waals surface area contributed by atoms with Gasteiger partial charge in [-0.25, -0.2) is 0 Å². The molecule has 126 valence electrons. The van der Waals surface area contributed by atoms with Crippen molar-refractivity contribution < 1.29 is 14.3 Å². The number of hydrogen-bond acceptors (Lipinski definition) is 3. The van der Waals surface area contributed by atoms with Gasteiger partial charge in [0.05, 0.1) is 0 Å². The highest BCUT2D eigenvalue weighted by molar-refractivity contribution is 5.89. The van der Waals surface area contributed by atoms with Crippen LogP contribution in [0.2, 0.25) is 0 Å². The highest BCUT2D eigenvalue weighted by Gasteiger charge is 2.24. The number of nitrogens with two attached hydrogens (primary N) is 1. The van der Waals surface area contributed by atoms with E-state index in [0.717, 1.165) is 11.1 Å². The molecule has 0 saturated carbocycles. The molecule has 2 rings (SSSR count). The number of carbonyl (C=O) groups is 2. The van der Waals surface area contributed by atoms with Gasteiger partial charge in [0.1, 0.15) is 11.8 Å². The highest BCUT2D eigenvalue weighted by Crippen LogP contribution is 2.22. The lowest BCUT2D eigenvalue weighted by atomic mass is 10.1. The van der Waals surface area contributed by atoms with Crippen molar-refractivity contribution in [2.45, 2.75) is 32.9 Å². The number of amides is 2. The Hall–Kier alpha value is -2.82. The molecule has 0 aliphatic carbocycles. The SMILES string of the molecule is Cc1cccc(O[C@H](C)C(=O)N[C@H](C(N)=O)c2ccccc2)c1C. The predicted molar refractivity (Wildman–Crippen MR) is 92.5 cm³/mol. The van der Waals surface area contributed by atoms with Gasteiger partial charge >= 0.3 is 0 Å². The third-order valence-corrected chi connectivity index (χ3v) is 3.93. The van der Waals surface area contributed by atoms with E-state index >= 15 is 0 Å². The second kappa shape index (κ2) is 7.64. The van der Waals surface area contributed by atoms with Crippen LogP contribution in [0.15, 0.2) is 48.5 Å². The van der Waals surface area contributed by atoms with Crippen LogP contribution < -0.4 is 15.8 Å². The van der Waals surface area contributed by atoms with Crippen molar-refractivity contribution in [3.63, 3.8) is 0 Å². The van der Waals surface area contributed by atoms with E-state index < -0.39 is 24.0 Å². The van der Waals surface area contributed by atoms with Gasteiger partial charge in [-0.2, -0.15) is 0 Å². The number of hydrogen-bond donors (Lipinski definition) is 2. The summed E-state index contributed by atoms with van der Waals surface area (Å²) in [5.41, 5.74) is 8.12. The van der Waals surface area contributed by atoms with E-state index in [2.05, 4.69) is 5.32 Å². The van der Waals surface area contributed by atoms with Gasteiger partial charge in [-0.3, -0.25) is 9.59 Å². The molecule has 0 aromatic heterocycles. The largest absolute Gasteiger partial charge is 0.481 e. The fourth-order valence-electron chi connectivity index (χ4n) is 2.32. The average molecular weight is 326 g/mol. The molecule has 24 heavy (non-hydrogen) atoms. The molecule has 2 aromatic carbocycles. The van der Waals surface area contributed by atoms with Crippen molar-refractivity contribution in [2.75, 3.05) is 0 Å². The molecule has 2 aromatic rings. The van der Waals surface area contributed by atoms with Gasteiger partial charge in [-0.05, 0) is 43.5 Å². The van der Waals surface area contributed by atoms with Gasteiger partial charge < -0.3 is 15.8 Å². The first-order chi connectivity index (χ1) is 11.4. The molecule has 0 saturated heterocycles. The van der Waals surface area contributed by atoms with Crippen molar-refractivity contribution in [3.8, 4) is 5.75 Å². The van der Waals surface area contributed by atoms with Gasteiger partial charge in [0.25, 0.3) is 5.91 Å². The van der Waals surface area contributed by atoms with Crippen molar-refractivity contribution in [1.29, 1.82) is 0 Å². The van der Waals surface area contributed by atoms with Crippen LogP contribution in [0.25, 0.3) is 0 Å². The summed E-state index contributed by atoms with van der Waals surface area (Å²) in [6.45, 7) is 5.55. The molecule has 5 nitrogen and oxygen atoms in total. The summed E-state index contributed by atoms with van der Waals surface area (Å²) >= 11 is 0. The number of rotatable bonds is 6. The Bertz CT molecular complexity index is 729. The minimum absolute atomic E-state index is 0.399. The lowest BCUT2D eigenvalue weighted by Gasteiger charge is -2.20. The topological polar surface area (TPSA) is 81.4 Å². The molecular weight excluding hydrogens is 304 g/mol. The van der Waals surface area contributed by atoms with Gasteiger partial charge in [0.15, 0.2) is 6.10 Å². The molecule has 0 radical (unpaired) electrons. The van der Waals surface area contributed by atoms with E-state index in [1.54, 1.807) is 31.2 Å². The Morgan fingerprint density at radius 2 is 1.71 bits per heavy atom. The van der Waals surface area contributed by atoms with Crippen molar-refractivity contribution in [3.05, 3.63) is 65.2 Å². The number of aryl methyl sites for hydroxylation is 1. The summed E-state index contributed by atoms with van der Waals surface area (Å²) < 4.78 is 5.74. The fourth-order valence-corrected chi connectivity index (χ4v) is 2.32. The Labute approximate surface area is 141 Å². The smallest absolute Gasteiger partial charge is 0.261 e. The molecule has 3 N–H and O–H groups in total. The summed E-state index contributed by atoms with van der Waals surface area (Å²) in [5, 5.41) is 2.65. The second-order valence-corrected chi connectivity index (χ2v) is 5.71. The first-order valence-corrected chi connectivity index (χ1v) is 7.77. The molecule has 0 fully saturated rings. The van der Waals surface area contributed by atoms with E-state index in [9.17, 15) is 9.59 Å². The van der Waals surface area contributed by atoms with E-state index in [0.29, 0.717) is 11.3 Å². The van der Waals surface area contributed by atoms with E-state index in [1.807, 2.05) is 38.1 Å². The molecule has 0 aliphatic rings. The summed E-state index contributed by atoms with van der Waals surface area (Å²) in [4.78, 5) is 24.1. The standard InChI is InChI=1S/C19H22N2O3/c1-12-8-7-11-16(13(12)2)24-14(3)19(23)21-17(18(20)22)15-9-5-4-6-10-15/h4-11,14,17H,1-3H3,(H2,20,22)(H,21,23)/t14-,17+/m1/s1. The Balaban J connectivity index is 2.09. The Morgan fingerprint density at radius 3 is 2.33 bits per heavy atom. The summed E-state index contributed by atoms with van der Waals surface area (Å²) in [7, 11) is 0. The lowest BCUT2D eigenvalue weighted by Crippen LogP contribution is -2.43. The molecule has 5 heteroatoms. The first kappa shape index (κ1) is 17.5. The monoisotopic (exact) mass is 326 g/mol. The molecule has 2 atom stereocenters. The lowest BCUT2D eigenvalue weighted by molar-refractivity contribution is -0.131. The summed E-state index contributed by atoms with van der Waals surface area (Å²) in [6, 6.07) is 13.7. The van der Waals surface area contributed by atoms with Crippen LogP contribution in [0, 0.1) is 13.8 Å². The van der Waals surface area contributed by atoms with Crippen molar-refractivity contribution >= 4 is 11.8 Å². The maximum Gasteiger partial charge on any atom is 0.261 e. The number of ether oxygens (including phenoxy) is 1. The van der Waals surface area contributed by atoms with Gasteiger partial charge in [0, 0.05) is 0 Å². The van der Waals surface area contributed by atoms with Crippen LogP contribution in [-0.2, 0) is 9.59 Å². The summed E-state index contributed by atoms with van der Waals surface area (Å²) in [6.07, 6.45) is -0.754. The van der Waals surface area contributed by atoms with Crippen LogP contribution >= 0.6 is 0 Å². The van der Waals surface area contributed by atoms with Crippen molar-refractivity contribution in [2.24, 2.45) is 5.73 Å². The van der Waals surface area contributed by atoms with Gasteiger partial charge in [0.2, 0.25) is 5.91 Å². The zero-order chi connectivity index (χ0) is 17.7.